The van der Waals surface area contributed by atoms with Gasteiger partial charge in [-0.1, -0.05) is 13.8 Å². The Hall–Kier alpha value is -1.37. The predicted octanol–water partition coefficient (Wildman–Crippen LogP) is 1.60. The fourth-order valence-electron chi connectivity index (χ4n) is 2.44. The molecule has 1 amide bonds. The number of nitrogens with one attached hydrogen (secondary N) is 1. The second-order valence-corrected chi connectivity index (χ2v) is 6.49. The first kappa shape index (κ1) is 16.0. The topological polar surface area (TPSA) is 67.2 Å². The monoisotopic (exact) mass is 356 g/mol. The summed E-state index contributed by atoms with van der Waals surface area (Å²) >= 11 is 3.31. The molecule has 116 valence electrons. The number of hydrogen-bond acceptors (Lipinski definition) is 4. The molecule has 1 fully saturated rings. The van der Waals surface area contributed by atoms with Gasteiger partial charge in [-0.05, 0) is 28.8 Å². The molecule has 1 saturated heterocycles. The number of piperidine rings is 1. The Kier molecular flexibility index (Phi) is 5.03. The van der Waals surface area contributed by atoms with E-state index >= 15 is 0 Å². The van der Waals surface area contributed by atoms with E-state index in [0.717, 1.165) is 25.9 Å². The average Bonchev–Trinajstić information content (AvgIpc) is 2.48. The van der Waals surface area contributed by atoms with Gasteiger partial charge in [0.15, 0.2) is 0 Å². The number of nitrogens with zero attached hydrogens (tertiary/aromatic N) is 3. The van der Waals surface area contributed by atoms with E-state index < -0.39 is 0 Å². The number of anilines is 1. The molecule has 7 heteroatoms. The first-order valence-electron chi connectivity index (χ1n) is 7.17. The summed E-state index contributed by atoms with van der Waals surface area (Å²) in [6.07, 6.45) is 3.40. The Balaban J connectivity index is 1.97. The zero-order chi connectivity index (χ0) is 15.6. The van der Waals surface area contributed by atoms with E-state index in [9.17, 15) is 9.59 Å². The first-order valence-corrected chi connectivity index (χ1v) is 7.96. The normalized spacial score (nSPS) is 16.3. The van der Waals surface area contributed by atoms with E-state index in [1.165, 1.54) is 4.68 Å². The molecule has 0 aliphatic carbocycles. The van der Waals surface area contributed by atoms with Gasteiger partial charge >= 0.3 is 0 Å². The number of likely N-dealkylation sites (tertiary alicyclic amines) is 1. The van der Waals surface area contributed by atoms with Crippen LogP contribution in [0.3, 0.4) is 0 Å². The molecule has 1 aliphatic heterocycles. The summed E-state index contributed by atoms with van der Waals surface area (Å²) in [6.45, 7) is 5.36. The van der Waals surface area contributed by atoms with Gasteiger partial charge in [0.25, 0.3) is 5.56 Å². The smallest absolute Gasteiger partial charge is 0.282 e. The largest absolute Gasteiger partial charge is 0.380 e. The van der Waals surface area contributed by atoms with Crippen LogP contribution in [0.5, 0.6) is 0 Å². The van der Waals surface area contributed by atoms with Crippen molar-refractivity contribution in [3.05, 3.63) is 21.0 Å². The van der Waals surface area contributed by atoms with Crippen molar-refractivity contribution in [2.24, 2.45) is 13.0 Å². The molecule has 1 aromatic heterocycles. The van der Waals surface area contributed by atoms with Gasteiger partial charge in [-0.3, -0.25) is 9.59 Å². The number of hydrogen-bond donors (Lipinski definition) is 1. The highest BCUT2D eigenvalue weighted by molar-refractivity contribution is 9.10. The number of rotatable bonds is 3. The van der Waals surface area contributed by atoms with Gasteiger partial charge in [0.05, 0.1) is 11.9 Å². The number of carbonyl (C=O) groups is 1. The maximum atomic E-state index is 11.9. The van der Waals surface area contributed by atoms with Crippen LogP contribution in [0.4, 0.5) is 5.69 Å². The van der Waals surface area contributed by atoms with Crippen LogP contribution < -0.4 is 10.9 Å². The molecule has 0 spiro atoms. The van der Waals surface area contributed by atoms with Crippen LogP contribution in [0.1, 0.15) is 26.7 Å². The zero-order valence-electron chi connectivity index (χ0n) is 12.6. The van der Waals surface area contributed by atoms with E-state index in [0.29, 0.717) is 10.2 Å². The Morgan fingerprint density at radius 1 is 1.43 bits per heavy atom. The zero-order valence-corrected chi connectivity index (χ0v) is 14.2. The highest BCUT2D eigenvalue weighted by Gasteiger charge is 2.24. The summed E-state index contributed by atoms with van der Waals surface area (Å²) in [7, 11) is 1.62. The van der Waals surface area contributed by atoms with Gasteiger partial charge in [-0.2, -0.15) is 5.10 Å². The van der Waals surface area contributed by atoms with Crippen molar-refractivity contribution in [3.8, 4) is 0 Å². The number of aromatic nitrogens is 2. The Labute approximate surface area is 132 Å². The second kappa shape index (κ2) is 6.60. The molecule has 0 unspecified atom stereocenters. The van der Waals surface area contributed by atoms with Gasteiger partial charge in [-0.15, -0.1) is 0 Å². The Morgan fingerprint density at radius 3 is 2.62 bits per heavy atom. The molecular weight excluding hydrogens is 336 g/mol. The SMILES string of the molecule is CC(C)C(=O)N1CCC(Nc2cnn(C)c(=O)c2Br)CC1. The Bertz CT molecular complexity index is 577. The van der Waals surface area contributed by atoms with E-state index in [-0.39, 0.29) is 23.4 Å². The van der Waals surface area contributed by atoms with Crippen molar-refractivity contribution in [3.63, 3.8) is 0 Å². The minimum atomic E-state index is -0.160. The lowest BCUT2D eigenvalue weighted by Crippen LogP contribution is -2.44. The fraction of sp³-hybridized carbons (Fsp3) is 0.643. The summed E-state index contributed by atoms with van der Waals surface area (Å²) in [6, 6.07) is 0.256. The summed E-state index contributed by atoms with van der Waals surface area (Å²) in [4.78, 5) is 25.7. The fourth-order valence-corrected chi connectivity index (χ4v) is 2.91. The third kappa shape index (κ3) is 3.64. The molecule has 0 aromatic carbocycles. The lowest BCUT2D eigenvalue weighted by Gasteiger charge is -2.34. The number of amides is 1. The number of carbonyl (C=O) groups excluding carboxylic acids is 1. The van der Waals surface area contributed by atoms with Crippen LogP contribution in [-0.2, 0) is 11.8 Å². The lowest BCUT2D eigenvalue weighted by atomic mass is 10.0. The standard InChI is InChI=1S/C14H21BrN4O2/c1-9(2)13(20)19-6-4-10(5-7-19)17-11-8-16-18(3)14(21)12(11)15/h8-10,17H,4-7H2,1-3H3. The van der Waals surface area contributed by atoms with Crippen LogP contribution >= 0.6 is 15.9 Å². The van der Waals surface area contributed by atoms with Gasteiger partial charge in [-0.25, -0.2) is 4.68 Å². The molecule has 1 aliphatic rings. The molecule has 0 bridgehead atoms. The summed E-state index contributed by atoms with van der Waals surface area (Å²) in [5.74, 6) is 0.259. The van der Waals surface area contributed by atoms with E-state index in [2.05, 4.69) is 26.3 Å². The molecule has 0 atom stereocenters. The van der Waals surface area contributed by atoms with Crippen molar-refractivity contribution >= 4 is 27.5 Å². The van der Waals surface area contributed by atoms with Gasteiger partial charge < -0.3 is 10.2 Å². The highest BCUT2D eigenvalue weighted by Crippen LogP contribution is 2.21. The highest BCUT2D eigenvalue weighted by atomic mass is 79.9. The van der Waals surface area contributed by atoms with Crippen molar-refractivity contribution in [2.45, 2.75) is 32.7 Å². The van der Waals surface area contributed by atoms with E-state index in [4.69, 9.17) is 0 Å². The lowest BCUT2D eigenvalue weighted by molar-refractivity contribution is -0.135. The van der Waals surface area contributed by atoms with Crippen LogP contribution in [0.15, 0.2) is 15.5 Å². The maximum Gasteiger partial charge on any atom is 0.282 e. The molecule has 2 heterocycles. The summed E-state index contributed by atoms with van der Waals surface area (Å²) < 4.78 is 1.79. The third-order valence-corrected chi connectivity index (χ3v) is 4.50. The first-order chi connectivity index (χ1) is 9.90. The molecule has 0 radical (unpaired) electrons. The number of halogens is 1. The van der Waals surface area contributed by atoms with Crippen molar-refractivity contribution in [2.75, 3.05) is 18.4 Å². The van der Waals surface area contributed by atoms with Gasteiger partial charge in [0.1, 0.15) is 4.47 Å². The van der Waals surface area contributed by atoms with Crippen LogP contribution in [0, 0.1) is 5.92 Å². The minimum Gasteiger partial charge on any atom is -0.380 e. The average molecular weight is 357 g/mol. The third-order valence-electron chi connectivity index (χ3n) is 3.74. The Morgan fingerprint density at radius 2 is 2.05 bits per heavy atom. The van der Waals surface area contributed by atoms with Crippen molar-refractivity contribution in [1.82, 2.24) is 14.7 Å². The van der Waals surface area contributed by atoms with E-state index in [1.54, 1.807) is 13.2 Å². The maximum absolute atomic E-state index is 11.9. The van der Waals surface area contributed by atoms with Crippen LogP contribution in [0.2, 0.25) is 0 Å². The van der Waals surface area contributed by atoms with E-state index in [1.807, 2.05) is 18.7 Å². The van der Waals surface area contributed by atoms with Crippen molar-refractivity contribution in [1.29, 1.82) is 0 Å². The second-order valence-electron chi connectivity index (χ2n) is 5.70. The predicted molar refractivity (Wildman–Crippen MR) is 85.2 cm³/mol. The molecule has 6 nitrogen and oxygen atoms in total. The van der Waals surface area contributed by atoms with Crippen molar-refractivity contribution < 1.29 is 4.79 Å². The van der Waals surface area contributed by atoms with Gasteiger partial charge in [0, 0.05) is 32.1 Å². The number of aryl methyl sites for hydroxylation is 1. The molecule has 1 aromatic rings. The molecule has 1 N–H and O–H groups in total. The molecule has 0 saturated carbocycles. The van der Waals surface area contributed by atoms with Crippen LogP contribution in [0.25, 0.3) is 0 Å². The molecule has 21 heavy (non-hydrogen) atoms. The van der Waals surface area contributed by atoms with Crippen LogP contribution in [-0.4, -0.2) is 39.7 Å². The van der Waals surface area contributed by atoms with Gasteiger partial charge in [0.2, 0.25) is 5.91 Å². The molecular formula is C14H21BrN4O2. The summed E-state index contributed by atoms with van der Waals surface area (Å²) in [5, 5.41) is 7.36. The minimum absolute atomic E-state index is 0.0463. The summed E-state index contributed by atoms with van der Waals surface area (Å²) in [5.41, 5.74) is 0.555. The quantitative estimate of drug-likeness (QED) is 0.893. The molecule has 2 rings (SSSR count).